The van der Waals surface area contributed by atoms with E-state index in [1.807, 2.05) is 41.5 Å². The summed E-state index contributed by atoms with van der Waals surface area (Å²) in [6.45, 7) is 2.09. The summed E-state index contributed by atoms with van der Waals surface area (Å²) in [5.74, 6) is 2.56. The van der Waals surface area contributed by atoms with Crippen LogP contribution in [0.15, 0.2) is 36.9 Å². The molecule has 4 aromatic heterocycles. The van der Waals surface area contributed by atoms with Gasteiger partial charge in [0.1, 0.15) is 10.6 Å². The molecular weight excluding hydrogens is 404 g/mol. The number of hydrogen-bond donors (Lipinski definition) is 0. The number of aryl methyl sites for hydroxylation is 3. The van der Waals surface area contributed by atoms with Crippen LogP contribution in [0.1, 0.15) is 35.3 Å². The van der Waals surface area contributed by atoms with Gasteiger partial charge in [0.05, 0.1) is 11.6 Å². The number of rotatable bonds is 4. The molecule has 1 unspecified atom stereocenters. The molecule has 0 amide bonds. The molecule has 0 bridgehead atoms. The Hall–Kier alpha value is -2.80. The summed E-state index contributed by atoms with van der Waals surface area (Å²) in [6, 6.07) is 4.02. The molecule has 6 rings (SSSR count). The lowest BCUT2D eigenvalue weighted by Crippen LogP contribution is -2.22. The number of hydrogen-bond acceptors (Lipinski definition) is 6. The van der Waals surface area contributed by atoms with E-state index in [0.717, 1.165) is 48.0 Å². The highest BCUT2D eigenvalue weighted by Gasteiger charge is 2.29. The number of thiophene rings is 1. The number of nitrogens with zero attached hydrogens (tertiary/aromatic N) is 6. The van der Waals surface area contributed by atoms with Gasteiger partial charge in [0.15, 0.2) is 5.82 Å². The quantitative estimate of drug-likeness (QED) is 0.479. The highest BCUT2D eigenvalue weighted by molar-refractivity contribution is 7.19. The van der Waals surface area contributed by atoms with Gasteiger partial charge in [-0.15, -0.1) is 11.3 Å². The minimum absolute atomic E-state index is 0.630. The van der Waals surface area contributed by atoms with Crippen molar-refractivity contribution in [3.05, 3.63) is 52.9 Å². The molecule has 1 fully saturated rings. The zero-order chi connectivity index (χ0) is 20.8. The maximum atomic E-state index is 5.14. The highest BCUT2D eigenvalue weighted by Crippen LogP contribution is 2.42. The van der Waals surface area contributed by atoms with E-state index in [4.69, 9.17) is 9.97 Å². The second-order valence-corrected chi connectivity index (χ2v) is 9.91. The smallest absolute Gasteiger partial charge is 0.164 e. The Balaban J connectivity index is 1.40. The fraction of sp³-hybridized carbons (Fsp3) is 0.417. The zero-order valence-electron chi connectivity index (χ0n) is 17.8. The Labute approximate surface area is 186 Å². The summed E-state index contributed by atoms with van der Waals surface area (Å²) < 4.78 is 1.90. The molecule has 0 saturated carbocycles. The molecule has 0 N–H and O–H groups in total. The van der Waals surface area contributed by atoms with Gasteiger partial charge in [0.25, 0.3) is 0 Å². The molecule has 0 spiro atoms. The lowest BCUT2D eigenvalue weighted by atomic mass is 9.97. The summed E-state index contributed by atoms with van der Waals surface area (Å²) in [4.78, 5) is 19.6. The molecule has 4 aromatic rings. The van der Waals surface area contributed by atoms with Crippen molar-refractivity contribution in [1.82, 2.24) is 24.7 Å². The largest absolute Gasteiger partial charge is 0.356 e. The average molecular weight is 431 g/mol. The van der Waals surface area contributed by atoms with E-state index in [9.17, 15) is 0 Å². The van der Waals surface area contributed by atoms with Gasteiger partial charge in [0, 0.05) is 49.2 Å². The predicted octanol–water partition coefficient (Wildman–Crippen LogP) is 4.43. The minimum Gasteiger partial charge on any atom is -0.356 e. The normalized spacial score (nSPS) is 18.6. The Bertz CT molecular complexity index is 1230. The van der Waals surface area contributed by atoms with Gasteiger partial charge in [-0.3, -0.25) is 9.67 Å². The third kappa shape index (κ3) is 3.51. The van der Waals surface area contributed by atoms with Crippen molar-refractivity contribution in [1.29, 1.82) is 0 Å². The first kappa shape index (κ1) is 18.9. The molecule has 0 aromatic carbocycles. The molecule has 1 aliphatic heterocycles. The van der Waals surface area contributed by atoms with Crippen LogP contribution in [0.4, 0.5) is 5.82 Å². The lowest BCUT2D eigenvalue weighted by molar-refractivity contribution is 0.586. The molecule has 5 heterocycles. The van der Waals surface area contributed by atoms with E-state index >= 15 is 0 Å². The van der Waals surface area contributed by atoms with Crippen LogP contribution in [0.3, 0.4) is 0 Å². The number of pyridine rings is 1. The molecule has 158 valence electrons. The standard InChI is InChI=1S/C24H26N6S/c1-29-14-17(12-26-29)11-16-8-10-30(15-16)23-21-19-6-2-3-7-20(19)31-24(21)28-22(27-23)18-5-4-9-25-13-18/h4-5,9,12-14,16H,2-3,6-8,10-11,15H2,1H3. The minimum atomic E-state index is 0.630. The summed E-state index contributed by atoms with van der Waals surface area (Å²) in [7, 11) is 1.99. The predicted molar refractivity (Wildman–Crippen MR) is 125 cm³/mol. The van der Waals surface area contributed by atoms with Crippen molar-refractivity contribution in [2.24, 2.45) is 13.0 Å². The fourth-order valence-electron chi connectivity index (χ4n) is 5.09. The summed E-state index contributed by atoms with van der Waals surface area (Å²) >= 11 is 1.88. The summed E-state index contributed by atoms with van der Waals surface area (Å²) in [6.07, 6.45) is 15.0. The second kappa shape index (κ2) is 7.71. The van der Waals surface area contributed by atoms with E-state index < -0.39 is 0 Å². The van der Waals surface area contributed by atoms with Gasteiger partial charge < -0.3 is 4.90 Å². The van der Waals surface area contributed by atoms with E-state index in [1.165, 1.54) is 47.1 Å². The molecule has 1 aliphatic carbocycles. The van der Waals surface area contributed by atoms with Crippen LogP contribution in [0, 0.1) is 5.92 Å². The number of aromatic nitrogens is 5. The lowest BCUT2D eigenvalue weighted by Gasteiger charge is -2.21. The summed E-state index contributed by atoms with van der Waals surface area (Å²) in [5, 5.41) is 5.66. The van der Waals surface area contributed by atoms with Crippen LogP contribution in [0.25, 0.3) is 21.6 Å². The van der Waals surface area contributed by atoms with Crippen LogP contribution in [0.5, 0.6) is 0 Å². The van der Waals surface area contributed by atoms with Crippen molar-refractivity contribution in [2.45, 2.75) is 38.5 Å². The molecule has 6 nitrogen and oxygen atoms in total. The van der Waals surface area contributed by atoms with Gasteiger partial charge in [-0.2, -0.15) is 5.10 Å². The van der Waals surface area contributed by atoms with Gasteiger partial charge in [-0.1, -0.05) is 0 Å². The van der Waals surface area contributed by atoms with Crippen LogP contribution in [-0.2, 0) is 26.3 Å². The first-order valence-corrected chi connectivity index (χ1v) is 12.0. The third-order valence-electron chi connectivity index (χ3n) is 6.58. The van der Waals surface area contributed by atoms with Gasteiger partial charge in [-0.25, -0.2) is 9.97 Å². The van der Waals surface area contributed by atoms with Crippen molar-refractivity contribution < 1.29 is 0 Å². The SMILES string of the molecule is Cn1cc(CC2CCN(c3nc(-c4cccnc4)nc4sc5c(c34)CCCC5)C2)cn1. The van der Waals surface area contributed by atoms with Crippen molar-refractivity contribution in [3.63, 3.8) is 0 Å². The molecule has 7 heteroatoms. The Morgan fingerprint density at radius 2 is 2.10 bits per heavy atom. The van der Waals surface area contributed by atoms with Crippen LogP contribution >= 0.6 is 11.3 Å². The van der Waals surface area contributed by atoms with Gasteiger partial charge >= 0.3 is 0 Å². The van der Waals surface area contributed by atoms with Crippen LogP contribution in [-0.4, -0.2) is 37.8 Å². The van der Waals surface area contributed by atoms with Crippen molar-refractivity contribution >= 4 is 27.4 Å². The highest BCUT2D eigenvalue weighted by atomic mass is 32.1. The maximum absolute atomic E-state index is 5.14. The van der Waals surface area contributed by atoms with E-state index in [0.29, 0.717) is 5.92 Å². The first-order chi connectivity index (χ1) is 15.2. The van der Waals surface area contributed by atoms with E-state index in [1.54, 1.807) is 6.20 Å². The average Bonchev–Trinajstić information content (AvgIpc) is 3.52. The van der Waals surface area contributed by atoms with Crippen LogP contribution in [0.2, 0.25) is 0 Å². The maximum Gasteiger partial charge on any atom is 0.164 e. The van der Waals surface area contributed by atoms with E-state index in [2.05, 4.69) is 27.2 Å². The number of anilines is 1. The topological polar surface area (TPSA) is 59.7 Å². The molecule has 1 saturated heterocycles. The Kier molecular flexibility index (Phi) is 4.71. The monoisotopic (exact) mass is 430 g/mol. The Morgan fingerprint density at radius 1 is 1.16 bits per heavy atom. The third-order valence-corrected chi connectivity index (χ3v) is 7.77. The Morgan fingerprint density at radius 3 is 2.94 bits per heavy atom. The summed E-state index contributed by atoms with van der Waals surface area (Å²) in [5.41, 5.74) is 3.82. The second-order valence-electron chi connectivity index (χ2n) is 8.83. The molecule has 1 atom stereocenters. The van der Waals surface area contributed by atoms with Crippen molar-refractivity contribution in [2.75, 3.05) is 18.0 Å². The van der Waals surface area contributed by atoms with Gasteiger partial charge in [-0.05, 0) is 67.7 Å². The van der Waals surface area contributed by atoms with Crippen molar-refractivity contribution in [3.8, 4) is 11.4 Å². The molecule has 2 aliphatic rings. The van der Waals surface area contributed by atoms with Gasteiger partial charge in [0.2, 0.25) is 0 Å². The fourth-order valence-corrected chi connectivity index (χ4v) is 6.35. The van der Waals surface area contributed by atoms with Crippen LogP contribution < -0.4 is 4.90 Å². The number of fused-ring (bicyclic) bond motifs is 3. The molecule has 0 radical (unpaired) electrons. The molecular formula is C24H26N6S. The molecule has 31 heavy (non-hydrogen) atoms. The van der Waals surface area contributed by atoms with E-state index in [-0.39, 0.29) is 0 Å². The zero-order valence-corrected chi connectivity index (χ0v) is 18.6. The first-order valence-electron chi connectivity index (χ1n) is 11.2.